The van der Waals surface area contributed by atoms with Gasteiger partial charge in [0.05, 0.1) is 18.3 Å². The van der Waals surface area contributed by atoms with Crippen molar-refractivity contribution in [3.63, 3.8) is 0 Å². The van der Waals surface area contributed by atoms with Crippen molar-refractivity contribution in [1.82, 2.24) is 19.8 Å². The zero-order chi connectivity index (χ0) is 16.4. The molecule has 5 nitrogen and oxygen atoms in total. The molecule has 0 spiro atoms. The van der Waals surface area contributed by atoms with Crippen LogP contribution in [0, 0.1) is 18.6 Å². The molecule has 1 aliphatic rings. The first kappa shape index (κ1) is 16.3. The van der Waals surface area contributed by atoms with Gasteiger partial charge in [-0.3, -0.25) is 0 Å². The molecule has 2 atom stereocenters. The summed E-state index contributed by atoms with van der Waals surface area (Å²) in [4.78, 5) is 1.59. The van der Waals surface area contributed by atoms with Gasteiger partial charge >= 0.3 is 0 Å². The van der Waals surface area contributed by atoms with Crippen LogP contribution in [-0.4, -0.2) is 32.4 Å². The van der Waals surface area contributed by atoms with E-state index in [-0.39, 0.29) is 0 Å². The fourth-order valence-corrected chi connectivity index (χ4v) is 3.68. The number of nitrogens with zero attached hydrogens (tertiary/aromatic N) is 4. The molecule has 1 aromatic heterocycles. The van der Waals surface area contributed by atoms with Crippen LogP contribution >= 0.6 is 12.2 Å². The molecule has 0 amide bonds. The van der Waals surface area contributed by atoms with Crippen molar-refractivity contribution in [2.45, 2.75) is 59.2 Å². The Labute approximate surface area is 142 Å². The molecule has 0 radical (unpaired) electrons. The number of aromatic nitrogens is 4. The predicted octanol–water partition coefficient (Wildman–Crippen LogP) is 2.22. The van der Waals surface area contributed by atoms with E-state index in [1.54, 1.807) is 9.58 Å². The SMILES string of the molecule is CC[C@@H]1CCCC[NH+]1Cn1nnn(-c2ccc(C)c(C)c2)c1=S. The monoisotopic (exact) mass is 332 g/mol. The van der Waals surface area contributed by atoms with Crippen molar-refractivity contribution in [2.75, 3.05) is 6.54 Å². The Kier molecular flexibility index (Phi) is 4.92. The molecule has 1 unspecified atom stereocenters. The Morgan fingerprint density at radius 3 is 2.78 bits per heavy atom. The van der Waals surface area contributed by atoms with Gasteiger partial charge in [0.1, 0.15) is 0 Å². The first-order valence-corrected chi connectivity index (χ1v) is 8.96. The Morgan fingerprint density at radius 1 is 1.22 bits per heavy atom. The molecular weight excluding hydrogens is 306 g/mol. The number of quaternary nitrogens is 1. The predicted molar refractivity (Wildman–Crippen MR) is 93.4 cm³/mol. The number of likely N-dealkylation sites (tertiary alicyclic amines) is 1. The van der Waals surface area contributed by atoms with Crippen molar-refractivity contribution in [3.8, 4) is 5.69 Å². The second kappa shape index (κ2) is 6.93. The van der Waals surface area contributed by atoms with Crippen LogP contribution in [0.2, 0.25) is 0 Å². The molecule has 2 heterocycles. The summed E-state index contributed by atoms with van der Waals surface area (Å²) in [6.07, 6.45) is 5.17. The number of benzene rings is 1. The molecule has 1 aliphatic heterocycles. The third-order valence-corrected chi connectivity index (χ3v) is 5.48. The Balaban J connectivity index is 1.84. The molecule has 124 valence electrons. The van der Waals surface area contributed by atoms with Gasteiger partial charge in [0.2, 0.25) is 4.77 Å². The maximum absolute atomic E-state index is 5.61. The first-order valence-electron chi connectivity index (χ1n) is 8.55. The third kappa shape index (κ3) is 3.38. The van der Waals surface area contributed by atoms with E-state index in [1.807, 2.05) is 4.68 Å². The fourth-order valence-electron chi connectivity index (χ4n) is 3.44. The minimum absolute atomic E-state index is 0.682. The lowest BCUT2D eigenvalue weighted by Crippen LogP contribution is -3.15. The number of hydrogen-bond donors (Lipinski definition) is 1. The number of nitrogens with one attached hydrogen (secondary N) is 1. The summed E-state index contributed by atoms with van der Waals surface area (Å²) in [7, 11) is 0. The minimum atomic E-state index is 0.682. The smallest absolute Gasteiger partial charge is 0.225 e. The molecule has 1 N–H and O–H groups in total. The maximum Gasteiger partial charge on any atom is 0.225 e. The molecule has 6 heteroatoms. The highest BCUT2D eigenvalue weighted by Gasteiger charge is 2.25. The number of tetrazole rings is 1. The first-order chi connectivity index (χ1) is 11.1. The lowest BCUT2D eigenvalue weighted by molar-refractivity contribution is -0.953. The van der Waals surface area contributed by atoms with Crippen LogP contribution in [0.5, 0.6) is 0 Å². The standard InChI is InChI=1S/C17H25N5S/c1-4-15-7-5-6-10-20(15)12-21-17(23)22(19-18-21)16-9-8-13(2)14(3)11-16/h8-9,11,15H,4-7,10,12H2,1-3H3/p+1/t15-/m1/s1. The number of aryl methyl sites for hydroxylation is 2. The van der Waals surface area contributed by atoms with E-state index in [2.05, 4.69) is 49.4 Å². The molecule has 0 bridgehead atoms. The van der Waals surface area contributed by atoms with E-state index in [0.717, 1.165) is 18.4 Å². The van der Waals surface area contributed by atoms with Gasteiger partial charge in [-0.15, -0.1) is 0 Å². The van der Waals surface area contributed by atoms with Crippen LogP contribution in [0.25, 0.3) is 5.69 Å². The summed E-state index contributed by atoms with van der Waals surface area (Å²) < 4.78 is 4.33. The van der Waals surface area contributed by atoms with Crippen molar-refractivity contribution in [2.24, 2.45) is 0 Å². The largest absolute Gasteiger partial charge is 0.314 e. The van der Waals surface area contributed by atoms with Crippen molar-refractivity contribution in [3.05, 3.63) is 34.1 Å². The highest BCUT2D eigenvalue weighted by atomic mass is 32.1. The second-order valence-corrected chi connectivity index (χ2v) is 6.97. The summed E-state index contributed by atoms with van der Waals surface area (Å²) in [5, 5.41) is 8.60. The Morgan fingerprint density at radius 2 is 2.04 bits per heavy atom. The third-order valence-electron chi connectivity index (χ3n) is 5.10. The maximum atomic E-state index is 5.61. The van der Waals surface area contributed by atoms with E-state index in [1.165, 1.54) is 43.4 Å². The lowest BCUT2D eigenvalue weighted by atomic mass is 10.0. The van der Waals surface area contributed by atoms with E-state index < -0.39 is 0 Å². The molecule has 1 aromatic carbocycles. The van der Waals surface area contributed by atoms with Gasteiger partial charge in [-0.25, -0.2) is 0 Å². The van der Waals surface area contributed by atoms with Crippen LogP contribution in [0.1, 0.15) is 43.7 Å². The summed E-state index contributed by atoms with van der Waals surface area (Å²) in [5.74, 6) is 0. The Hall–Kier alpha value is -1.53. The van der Waals surface area contributed by atoms with Gasteiger partial charge in [0.15, 0.2) is 6.67 Å². The topological polar surface area (TPSA) is 40.1 Å². The zero-order valence-corrected chi connectivity index (χ0v) is 15.1. The van der Waals surface area contributed by atoms with Crippen molar-refractivity contribution < 1.29 is 4.90 Å². The summed E-state index contributed by atoms with van der Waals surface area (Å²) >= 11 is 5.61. The highest BCUT2D eigenvalue weighted by Crippen LogP contribution is 2.13. The average molecular weight is 332 g/mol. The normalized spacial score (nSPS) is 21.5. The van der Waals surface area contributed by atoms with E-state index >= 15 is 0 Å². The molecule has 23 heavy (non-hydrogen) atoms. The van der Waals surface area contributed by atoms with Gasteiger partial charge in [-0.05, 0) is 85.4 Å². The van der Waals surface area contributed by atoms with Gasteiger partial charge in [0, 0.05) is 0 Å². The number of rotatable bonds is 4. The van der Waals surface area contributed by atoms with Crippen LogP contribution in [0.4, 0.5) is 0 Å². The van der Waals surface area contributed by atoms with Gasteiger partial charge in [-0.1, -0.05) is 13.0 Å². The molecule has 0 saturated carbocycles. The summed E-state index contributed by atoms with van der Waals surface area (Å²) in [6.45, 7) is 8.52. The van der Waals surface area contributed by atoms with E-state index in [9.17, 15) is 0 Å². The van der Waals surface area contributed by atoms with Crippen molar-refractivity contribution in [1.29, 1.82) is 0 Å². The van der Waals surface area contributed by atoms with Gasteiger partial charge in [-0.2, -0.15) is 9.36 Å². The minimum Gasteiger partial charge on any atom is -0.314 e. The molecule has 3 rings (SSSR count). The average Bonchev–Trinajstić information content (AvgIpc) is 2.92. The molecule has 1 saturated heterocycles. The van der Waals surface area contributed by atoms with Crippen LogP contribution < -0.4 is 4.90 Å². The number of hydrogen-bond acceptors (Lipinski definition) is 3. The zero-order valence-electron chi connectivity index (χ0n) is 14.2. The van der Waals surface area contributed by atoms with E-state index in [0.29, 0.717) is 4.77 Å². The second-order valence-electron chi connectivity index (χ2n) is 6.61. The molecular formula is C17H26N5S+. The molecule has 1 fully saturated rings. The fraction of sp³-hybridized carbons (Fsp3) is 0.588. The van der Waals surface area contributed by atoms with Crippen LogP contribution in [0.15, 0.2) is 18.2 Å². The summed E-state index contributed by atoms with van der Waals surface area (Å²) in [6, 6.07) is 7.00. The highest BCUT2D eigenvalue weighted by molar-refractivity contribution is 7.71. The van der Waals surface area contributed by atoms with Gasteiger partial charge in [0.25, 0.3) is 0 Å². The van der Waals surface area contributed by atoms with Crippen LogP contribution in [-0.2, 0) is 6.67 Å². The van der Waals surface area contributed by atoms with Gasteiger partial charge < -0.3 is 4.90 Å². The lowest BCUT2D eigenvalue weighted by Gasteiger charge is -2.31. The van der Waals surface area contributed by atoms with E-state index in [4.69, 9.17) is 12.2 Å². The van der Waals surface area contributed by atoms with Crippen molar-refractivity contribution >= 4 is 12.2 Å². The Bertz CT molecular complexity index is 733. The molecule has 0 aliphatic carbocycles. The quantitative estimate of drug-likeness (QED) is 0.873. The van der Waals surface area contributed by atoms with Crippen LogP contribution in [0.3, 0.4) is 0 Å². The number of piperidine rings is 1. The summed E-state index contributed by atoms with van der Waals surface area (Å²) in [5.41, 5.74) is 3.51. The molecule has 2 aromatic rings.